The van der Waals surface area contributed by atoms with Crippen LogP contribution in [0.5, 0.6) is 0 Å². The summed E-state index contributed by atoms with van der Waals surface area (Å²) in [5, 5.41) is 0. The summed E-state index contributed by atoms with van der Waals surface area (Å²) in [6.45, 7) is 0. The highest BCUT2D eigenvalue weighted by Crippen LogP contribution is 2.35. The molecule has 1 aromatic rings. The molecule has 0 amide bonds. The molecule has 2 N–H and O–H groups in total. The molecule has 15 heavy (non-hydrogen) atoms. The van der Waals surface area contributed by atoms with E-state index in [0.29, 0.717) is 0 Å². The van der Waals surface area contributed by atoms with Crippen LogP contribution in [-0.2, 0) is 0 Å². The number of benzene rings is 1. The highest BCUT2D eigenvalue weighted by atomic mass is 19.2. The van der Waals surface area contributed by atoms with Crippen LogP contribution in [0.3, 0.4) is 0 Å². The summed E-state index contributed by atoms with van der Waals surface area (Å²) in [6, 6.07) is 2.10. The molecular formula is C11H12F3N. The van der Waals surface area contributed by atoms with E-state index in [-0.39, 0.29) is 17.5 Å². The van der Waals surface area contributed by atoms with Gasteiger partial charge in [-0.1, -0.05) is 12.5 Å². The summed E-state index contributed by atoms with van der Waals surface area (Å²) in [7, 11) is 0. The van der Waals surface area contributed by atoms with Crippen LogP contribution in [0.25, 0.3) is 0 Å². The van der Waals surface area contributed by atoms with Gasteiger partial charge in [-0.3, -0.25) is 0 Å². The van der Waals surface area contributed by atoms with Gasteiger partial charge in [-0.25, -0.2) is 13.2 Å². The lowest BCUT2D eigenvalue weighted by Gasteiger charge is -2.16. The quantitative estimate of drug-likeness (QED) is 0.716. The average Bonchev–Trinajstić information content (AvgIpc) is 2.62. The van der Waals surface area contributed by atoms with Crippen LogP contribution in [0.2, 0.25) is 0 Å². The summed E-state index contributed by atoms with van der Waals surface area (Å²) in [5.74, 6) is -3.81. The molecule has 4 heteroatoms. The van der Waals surface area contributed by atoms with Gasteiger partial charge in [0.15, 0.2) is 17.5 Å². The van der Waals surface area contributed by atoms with E-state index >= 15 is 0 Å². The predicted molar refractivity (Wildman–Crippen MR) is 50.9 cm³/mol. The molecule has 0 aliphatic heterocycles. The molecular weight excluding hydrogens is 203 g/mol. The van der Waals surface area contributed by atoms with Crippen molar-refractivity contribution in [1.29, 1.82) is 0 Å². The van der Waals surface area contributed by atoms with Gasteiger partial charge in [-0.2, -0.15) is 0 Å². The highest BCUT2D eigenvalue weighted by molar-refractivity contribution is 5.26. The molecule has 2 unspecified atom stereocenters. The lowest BCUT2D eigenvalue weighted by molar-refractivity contribution is 0.431. The Kier molecular flexibility index (Phi) is 2.69. The van der Waals surface area contributed by atoms with Crippen LogP contribution < -0.4 is 5.73 Å². The van der Waals surface area contributed by atoms with E-state index in [4.69, 9.17) is 5.73 Å². The van der Waals surface area contributed by atoms with Gasteiger partial charge in [0.1, 0.15) is 0 Å². The van der Waals surface area contributed by atoms with E-state index in [2.05, 4.69) is 0 Å². The van der Waals surface area contributed by atoms with Crippen molar-refractivity contribution in [3.8, 4) is 0 Å². The average molecular weight is 215 g/mol. The van der Waals surface area contributed by atoms with Crippen LogP contribution >= 0.6 is 0 Å². The van der Waals surface area contributed by atoms with Gasteiger partial charge in [-0.15, -0.1) is 0 Å². The van der Waals surface area contributed by atoms with Gasteiger partial charge < -0.3 is 5.73 Å². The van der Waals surface area contributed by atoms with Crippen molar-refractivity contribution >= 4 is 0 Å². The van der Waals surface area contributed by atoms with E-state index in [1.165, 1.54) is 6.07 Å². The number of hydrogen-bond donors (Lipinski definition) is 1. The first-order valence-corrected chi connectivity index (χ1v) is 5.00. The summed E-state index contributed by atoms with van der Waals surface area (Å²) >= 11 is 0. The SMILES string of the molecule is NC1CCCC1c1ccc(F)c(F)c1F. The molecule has 0 radical (unpaired) electrons. The molecule has 1 fully saturated rings. The van der Waals surface area contributed by atoms with Gasteiger partial charge in [-0.05, 0) is 24.5 Å². The minimum absolute atomic E-state index is 0.149. The Bertz CT molecular complexity index is 378. The van der Waals surface area contributed by atoms with E-state index < -0.39 is 17.5 Å². The Labute approximate surface area is 86.1 Å². The molecule has 0 aromatic heterocycles. The molecule has 0 heterocycles. The van der Waals surface area contributed by atoms with Crippen LogP contribution in [-0.4, -0.2) is 6.04 Å². The maximum Gasteiger partial charge on any atom is 0.194 e. The normalized spacial score (nSPS) is 25.9. The molecule has 0 spiro atoms. The van der Waals surface area contributed by atoms with Crippen LogP contribution in [0.1, 0.15) is 30.7 Å². The smallest absolute Gasteiger partial charge is 0.194 e. The standard InChI is InChI=1S/C11H12F3N/c12-8-5-4-7(10(13)11(8)14)6-2-1-3-9(6)15/h4-6,9H,1-3,15H2. The minimum atomic E-state index is -1.40. The second kappa shape index (κ2) is 3.85. The summed E-state index contributed by atoms with van der Waals surface area (Å²) in [5.41, 5.74) is 5.99. The first-order chi connectivity index (χ1) is 7.11. The Morgan fingerprint density at radius 1 is 1.07 bits per heavy atom. The predicted octanol–water partition coefficient (Wildman–Crippen LogP) is 2.70. The van der Waals surface area contributed by atoms with Crippen molar-refractivity contribution in [3.05, 3.63) is 35.1 Å². The Morgan fingerprint density at radius 3 is 2.40 bits per heavy atom. The van der Waals surface area contributed by atoms with Crippen LogP contribution in [0.4, 0.5) is 13.2 Å². The van der Waals surface area contributed by atoms with Gasteiger partial charge in [0, 0.05) is 12.0 Å². The molecule has 2 rings (SSSR count). The maximum atomic E-state index is 13.4. The maximum absolute atomic E-state index is 13.4. The zero-order chi connectivity index (χ0) is 11.0. The third-order valence-corrected chi connectivity index (χ3v) is 3.03. The van der Waals surface area contributed by atoms with Crippen molar-refractivity contribution in [3.63, 3.8) is 0 Å². The third-order valence-electron chi connectivity index (χ3n) is 3.03. The topological polar surface area (TPSA) is 26.0 Å². The fourth-order valence-electron chi connectivity index (χ4n) is 2.20. The molecule has 1 aliphatic carbocycles. The lowest BCUT2D eigenvalue weighted by Crippen LogP contribution is -2.23. The fraction of sp³-hybridized carbons (Fsp3) is 0.455. The first kappa shape index (κ1) is 10.5. The van der Waals surface area contributed by atoms with Crippen molar-refractivity contribution in [2.24, 2.45) is 5.73 Å². The Hall–Kier alpha value is -1.03. The zero-order valence-electron chi connectivity index (χ0n) is 8.14. The second-order valence-electron chi connectivity index (χ2n) is 3.97. The summed E-state index contributed by atoms with van der Waals surface area (Å²) in [4.78, 5) is 0. The van der Waals surface area contributed by atoms with Crippen molar-refractivity contribution in [2.75, 3.05) is 0 Å². The number of rotatable bonds is 1. The molecule has 1 aliphatic rings. The molecule has 1 saturated carbocycles. The molecule has 82 valence electrons. The van der Waals surface area contributed by atoms with E-state index in [9.17, 15) is 13.2 Å². The summed E-state index contributed by atoms with van der Waals surface area (Å²) in [6.07, 6.45) is 2.45. The number of halogens is 3. The second-order valence-corrected chi connectivity index (χ2v) is 3.97. The van der Waals surface area contributed by atoms with Gasteiger partial charge in [0.05, 0.1) is 0 Å². The Balaban J connectivity index is 2.40. The fourth-order valence-corrected chi connectivity index (χ4v) is 2.20. The van der Waals surface area contributed by atoms with E-state index in [1.54, 1.807) is 0 Å². The largest absolute Gasteiger partial charge is 0.327 e. The Morgan fingerprint density at radius 2 is 1.80 bits per heavy atom. The van der Waals surface area contributed by atoms with Gasteiger partial charge >= 0.3 is 0 Å². The molecule has 1 aromatic carbocycles. The number of hydrogen-bond acceptors (Lipinski definition) is 1. The molecule has 1 nitrogen and oxygen atoms in total. The third kappa shape index (κ3) is 1.74. The highest BCUT2D eigenvalue weighted by Gasteiger charge is 2.29. The van der Waals surface area contributed by atoms with Crippen molar-refractivity contribution in [1.82, 2.24) is 0 Å². The molecule has 0 bridgehead atoms. The van der Waals surface area contributed by atoms with Crippen molar-refractivity contribution < 1.29 is 13.2 Å². The minimum Gasteiger partial charge on any atom is -0.327 e. The van der Waals surface area contributed by atoms with Gasteiger partial charge in [0.25, 0.3) is 0 Å². The van der Waals surface area contributed by atoms with Crippen molar-refractivity contribution in [2.45, 2.75) is 31.2 Å². The monoisotopic (exact) mass is 215 g/mol. The summed E-state index contributed by atoms with van der Waals surface area (Å²) < 4.78 is 39.1. The van der Waals surface area contributed by atoms with Crippen LogP contribution in [0.15, 0.2) is 12.1 Å². The lowest BCUT2D eigenvalue weighted by atomic mass is 9.94. The molecule has 0 saturated heterocycles. The first-order valence-electron chi connectivity index (χ1n) is 5.00. The van der Waals surface area contributed by atoms with E-state index in [0.717, 1.165) is 25.3 Å². The van der Waals surface area contributed by atoms with Crippen LogP contribution in [0, 0.1) is 17.5 Å². The van der Waals surface area contributed by atoms with Gasteiger partial charge in [0.2, 0.25) is 0 Å². The molecule has 2 atom stereocenters. The zero-order valence-corrected chi connectivity index (χ0v) is 8.14. The van der Waals surface area contributed by atoms with E-state index in [1.807, 2.05) is 0 Å². The number of nitrogens with two attached hydrogens (primary N) is 1.